The average Bonchev–Trinajstić information content (AvgIpc) is 2.33. The zero-order valence-corrected chi connectivity index (χ0v) is 12.5. The van der Waals surface area contributed by atoms with E-state index >= 15 is 0 Å². The first-order valence-corrected chi connectivity index (χ1v) is 6.89. The van der Waals surface area contributed by atoms with Crippen molar-refractivity contribution in [1.82, 2.24) is 5.32 Å². The molecule has 0 aliphatic rings. The Labute approximate surface area is 116 Å². The summed E-state index contributed by atoms with van der Waals surface area (Å²) in [4.78, 5) is 11.3. The molecular weight excluding hydrogens is 238 g/mol. The van der Waals surface area contributed by atoms with Gasteiger partial charge in [0, 0.05) is 6.54 Å². The van der Waals surface area contributed by atoms with Gasteiger partial charge in [-0.3, -0.25) is 0 Å². The number of ether oxygens (including phenoxy) is 1. The second-order valence-electron chi connectivity index (χ2n) is 6.06. The lowest BCUT2D eigenvalue weighted by Crippen LogP contribution is -2.24. The van der Waals surface area contributed by atoms with Crippen LogP contribution in [0.25, 0.3) is 0 Å². The Morgan fingerprint density at radius 1 is 1.16 bits per heavy atom. The zero-order chi connectivity index (χ0) is 14.3. The molecule has 3 heteroatoms. The van der Waals surface area contributed by atoms with E-state index in [4.69, 9.17) is 4.74 Å². The standard InChI is InChI=1S/C16H25NO2/c1-5-10-17-15(18)19-12-14-8-6-13(7-9-14)11-16(2,3)4/h6-9H,5,10-12H2,1-4H3,(H,17,18). The maximum atomic E-state index is 11.3. The third-order valence-electron chi connectivity index (χ3n) is 2.65. The van der Waals surface area contributed by atoms with Crippen molar-refractivity contribution in [3.8, 4) is 0 Å². The fourth-order valence-corrected chi connectivity index (χ4v) is 1.79. The van der Waals surface area contributed by atoms with Gasteiger partial charge in [-0.1, -0.05) is 52.0 Å². The summed E-state index contributed by atoms with van der Waals surface area (Å²) in [6, 6.07) is 8.25. The fraction of sp³-hybridized carbons (Fsp3) is 0.562. The van der Waals surface area contributed by atoms with E-state index in [2.05, 4.69) is 38.2 Å². The van der Waals surface area contributed by atoms with Crippen molar-refractivity contribution in [3.63, 3.8) is 0 Å². The molecule has 0 aromatic heterocycles. The molecule has 1 aromatic rings. The fourth-order valence-electron chi connectivity index (χ4n) is 1.79. The van der Waals surface area contributed by atoms with Crippen LogP contribution in [-0.4, -0.2) is 12.6 Å². The highest BCUT2D eigenvalue weighted by Crippen LogP contribution is 2.20. The lowest BCUT2D eigenvalue weighted by molar-refractivity contribution is 0.139. The third-order valence-corrected chi connectivity index (χ3v) is 2.65. The van der Waals surface area contributed by atoms with Crippen molar-refractivity contribution in [1.29, 1.82) is 0 Å². The molecule has 0 saturated carbocycles. The zero-order valence-electron chi connectivity index (χ0n) is 12.5. The van der Waals surface area contributed by atoms with Gasteiger partial charge in [0.05, 0.1) is 0 Å². The van der Waals surface area contributed by atoms with Crippen molar-refractivity contribution >= 4 is 6.09 Å². The molecule has 1 rings (SSSR count). The number of hydrogen-bond donors (Lipinski definition) is 1. The van der Waals surface area contributed by atoms with Gasteiger partial charge in [-0.05, 0) is 29.4 Å². The van der Waals surface area contributed by atoms with Gasteiger partial charge in [0.2, 0.25) is 0 Å². The molecular formula is C16H25NO2. The Hall–Kier alpha value is -1.51. The molecule has 1 N–H and O–H groups in total. The van der Waals surface area contributed by atoms with E-state index in [1.807, 2.05) is 19.1 Å². The van der Waals surface area contributed by atoms with Gasteiger partial charge in [-0.15, -0.1) is 0 Å². The summed E-state index contributed by atoms with van der Waals surface area (Å²) in [5, 5.41) is 2.68. The third kappa shape index (κ3) is 6.85. The van der Waals surface area contributed by atoms with Gasteiger partial charge in [-0.25, -0.2) is 4.79 Å². The summed E-state index contributed by atoms with van der Waals surface area (Å²) in [6.45, 7) is 9.66. The van der Waals surface area contributed by atoms with Crippen LogP contribution in [0.5, 0.6) is 0 Å². The second kappa shape index (κ2) is 7.17. The van der Waals surface area contributed by atoms with Gasteiger partial charge in [-0.2, -0.15) is 0 Å². The number of alkyl carbamates (subject to hydrolysis) is 1. The van der Waals surface area contributed by atoms with Crippen LogP contribution in [0.4, 0.5) is 4.79 Å². The van der Waals surface area contributed by atoms with Crippen molar-refractivity contribution in [2.45, 2.75) is 47.1 Å². The average molecular weight is 263 g/mol. The number of rotatable bonds is 5. The second-order valence-corrected chi connectivity index (χ2v) is 6.06. The minimum Gasteiger partial charge on any atom is -0.445 e. The molecule has 1 aromatic carbocycles. The Balaban J connectivity index is 2.42. The number of hydrogen-bond acceptors (Lipinski definition) is 2. The highest BCUT2D eigenvalue weighted by Gasteiger charge is 2.11. The predicted octanol–water partition coefficient (Wildman–Crippen LogP) is 3.91. The van der Waals surface area contributed by atoms with Crippen molar-refractivity contribution in [2.24, 2.45) is 5.41 Å². The summed E-state index contributed by atoms with van der Waals surface area (Å²) in [6.07, 6.45) is 1.61. The Bertz CT molecular complexity index is 390. The summed E-state index contributed by atoms with van der Waals surface area (Å²) < 4.78 is 5.12. The van der Waals surface area contributed by atoms with E-state index in [9.17, 15) is 4.79 Å². The molecule has 0 spiro atoms. The minimum atomic E-state index is -0.347. The minimum absolute atomic E-state index is 0.290. The molecule has 0 atom stereocenters. The van der Waals surface area contributed by atoms with E-state index in [-0.39, 0.29) is 11.5 Å². The van der Waals surface area contributed by atoms with E-state index in [0.717, 1.165) is 18.4 Å². The highest BCUT2D eigenvalue weighted by molar-refractivity contribution is 5.67. The van der Waals surface area contributed by atoms with Gasteiger partial charge in [0.1, 0.15) is 6.61 Å². The van der Waals surface area contributed by atoms with Crippen molar-refractivity contribution in [2.75, 3.05) is 6.54 Å². The van der Waals surface area contributed by atoms with Gasteiger partial charge in [0.15, 0.2) is 0 Å². The number of carbonyl (C=O) groups excluding carboxylic acids is 1. The van der Waals surface area contributed by atoms with Crippen LogP contribution in [0.2, 0.25) is 0 Å². The van der Waals surface area contributed by atoms with Crippen molar-refractivity contribution < 1.29 is 9.53 Å². The smallest absolute Gasteiger partial charge is 0.407 e. The van der Waals surface area contributed by atoms with E-state index in [1.54, 1.807) is 0 Å². The first-order valence-electron chi connectivity index (χ1n) is 6.89. The lowest BCUT2D eigenvalue weighted by atomic mass is 9.88. The van der Waals surface area contributed by atoms with E-state index < -0.39 is 0 Å². The van der Waals surface area contributed by atoms with Crippen LogP contribution in [0, 0.1) is 5.41 Å². The van der Waals surface area contributed by atoms with Crippen LogP contribution in [0.3, 0.4) is 0 Å². The first kappa shape index (κ1) is 15.5. The van der Waals surface area contributed by atoms with Crippen LogP contribution >= 0.6 is 0 Å². The Morgan fingerprint density at radius 2 is 1.74 bits per heavy atom. The molecule has 106 valence electrons. The van der Waals surface area contributed by atoms with Gasteiger partial charge < -0.3 is 10.1 Å². The maximum absolute atomic E-state index is 11.3. The quantitative estimate of drug-likeness (QED) is 0.874. The van der Waals surface area contributed by atoms with Crippen LogP contribution < -0.4 is 5.32 Å². The Kier molecular flexibility index (Phi) is 5.87. The summed E-state index contributed by atoms with van der Waals surface area (Å²) in [5.41, 5.74) is 2.62. The SMILES string of the molecule is CCCNC(=O)OCc1ccc(CC(C)(C)C)cc1. The maximum Gasteiger partial charge on any atom is 0.407 e. The summed E-state index contributed by atoms with van der Waals surface area (Å²) >= 11 is 0. The molecule has 0 radical (unpaired) electrons. The van der Waals surface area contributed by atoms with Crippen LogP contribution in [0.15, 0.2) is 24.3 Å². The molecule has 0 aliphatic heterocycles. The molecule has 1 amide bonds. The molecule has 0 aliphatic carbocycles. The number of amides is 1. The molecule has 0 bridgehead atoms. The molecule has 0 saturated heterocycles. The topological polar surface area (TPSA) is 38.3 Å². The molecule has 3 nitrogen and oxygen atoms in total. The Morgan fingerprint density at radius 3 is 2.26 bits per heavy atom. The molecule has 0 unspecified atom stereocenters. The van der Waals surface area contributed by atoms with E-state index in [0.29, 0.717) is 13.2 Å². The normalized spacial score (nSPS) is 11.2. The first-order chi connectivity index (χ1) is 8.90. The largest absolute Gasteiger partial charge is 0.445 e. The molecule has 0 heterocycles. The van der Waals surface area contributed by atoms with Crippen LogP contribution in [0.1, 0.15) is 45.2 Å². The number of carbonyl (C=O) groups is 1. The lowest BCUT2D eigenvalue weighted by Gasteiger charge is -2.18. The van der Waals surface area contributed by atoms with Gasteiger partial charge in [0.25, 0.3) is 0 Å². The highest BCUT2D eigenvalue weighted by atomic mass is 16.5. The number of nitrogens with one attached hydrogen (secondary N) is 1. The molecule has 19 heavy (non-hydrogen) atoms. The number of benzene rings is 1. The monoisotopic (exact) mass is 263 g/mol. The van der Waals surface area contributed by atoms with Gasteiger partial charge >= 0.3 is 6.09 Å². The van der Waals surface area contributed by atoms with Crippen LogP contribution in [-0.2, 0) is 17.8 Å². The predicted molar refractivity (Wildman–Crippen MR) is 78.1 cm³/mol. The van der Waals surface area contributed by atoms with Crippen molar-refractivity contribution in [3.05, 3.63) is 35.4 Å². The van der Waals surface area contributed by atoms with E-state index in [1.165, 1.54) is 5.56 Å². The molecule has 0 fully saturated rings. The summed E-state index contributed by atoms with van der Waals surface area (Å²) in [5.74, 6) is 0. The summed E-state index contributed by atoms with van der Waals surface area (Å²) in [7, 11) is 0.